The van der Waals surface area contributed by atoms with Crippen molar-refractivity contribution in [3.63, 3.8) is 0 Å². The number of benzene rings is 1. The zero-order valence-corrected chi connectivity index (χ0v) is 16.4. The molecule has 1 N–H and O–H groups in total. The van der Waals surface area contributed by atoms with E-state index in [0.717, 1.165) is 11.1 Å². The second-order valence-corrected chi connectivity index (χ2v) is 8.09. The summed E-state index contributed by atoms with van der Waals surface area (Å²) in [5.41, 5.74) is 2.25. The summed E-state index contributed by atoms with van der Waals surface area (Å²) >= 11 is 0. The van der Waals surface area contributed by atoms with Gasteiger partial charge in [0, 0.05) is 36.3 Å². The first-order chi connectivity index (χ1) is 14.7. The number of hydrogen-bond donors (Lipinski definition) is 1. The second kappa shape index (κ2) is 7.54. The molecule has 0 unspecified atom stereocenters. The van der Waals surface area contributed by atoms with Gasteiger partial charge in [-0.05, 0) is 30.5 Å². The molecule has 1 aromatic heterocycles. The van der Waals surface area contributed by atoms with Crippen LogP contribution in [-0.4, -0.2) is 68.5 Å². The van der Waals surface area contributed by atoms with Crippen molar-refractivity contribution in [3.8, 4) is 11.8 Å². The van der Waals surface area contributed by atoms with Crippen LogP contribution in [0.5, 0.6) is 0 Å². The van der Waals surface area contributed by atoms with Crippen LogP contribution in [0, 0.1) is 17.8 Å². The van der Waals surface area contributed by atoms with Crippen molar-refractivity contribution < 1.29 is 14.7 Å². The first-order valence-electron chi connectivity index (χ1n) is 10.2. The van der Waals surface area contributed by atoms with Crippen molar-refractivity contribution in [3.05, 3.63) is 59.7 Å². The summed E-state index contributed by atoms with van der Waals surface area (Å²) in [6.45, 7) is 0.296. The molecule has 30 heavy (non-hydrogen) atoms. The highest BCUT2D eigenvalue weighted by Crippen LogP contribution is 2.43. The van der Waals surface area contributed by atoms with Gasteiger partial charge >= 0.3 is 0 Å². The third kappa shape index (κ3) is 3.33. The minimum atomic E-state index is -0.298. The van der Waals surface area contributed by atoms with Gasteiger partial charge in [-0.15, -0.1) is 0 Å². The summed E-state index contributed by atoms with van der Waals surface area (Å²) < 4.78 is 0. The van der Waals surface area contributed by atoms with Gasteiger partial charge in [-0.3, -0.25) is 14.6 Å². The number of carbonyl (C=O) groups excluding carboxylic acids is 2. The van der Waals surface area contributed by atoms with Crippen LogP contribution < -0.4 is 0 Å². The topological polar surface area (TPSA) is 86.6 Å². The highest BCUT2D eigenvalue weighted by atomic mass is 16.3. The molecule has 2 aromatic rings. The zero-order chi connectivity index (χ0) is 20.7. The molecule has 3 aliphatic rings. The van der Waals surface area contributed by atoms with Crippen molar-refractivity contribution in [2.45, 2.75) is 30.8 Å². The van der Waals surface area contributed by atoms with Gasteiger partial charge in [-0.25, -0.2) is 4.98 Å². The van der Waals surface area contributed by atoms with E-state index < -0.39 is 0 Å². The van der Waals surface area contributed by atoms with E-state index in [2.05, 4.69) is 21.8 Å². The Labute approximate surface area is 174 Å². The number of hydrogen-bond acceptors (Lipinski definition) is 5. The van der Waals surface area contributed by atoms with Crippen molar-refractivity contribution >= 4 is 11.8 Å². The number of piperazine rings is 1. The Bertz CT molecular complexity index is 1020. The summed E-state index contributed by atoms with van der Waals surface area (Å²) in [5, 5.41) is 9.92. The van der Waals surface area contributed by atoms with Crippen LogP contribution >= 0.6 is 0 Å². The molecule has 0 bridgehead atoms. The van der Waals surface area contributed by atoms with Gasteiger partial charge in [0.15, 0.2) is 0 Å². The summed E-state index contributed by atoms with van der Waals surface area (Å²) in [5.74, 6) is 6.54. The fraction of sp³-hybridized carbons (Fsp3) is 0.391. The van der Waals surface area contributed by atoms with E-state index in [1.54, 1.807) is 4.90 Å². The summed E-state index contributed by atoms with van der Waals surface area (Å²) in [6.07, 6.45) is 6.77. The third-order valence-corrected chi connectivity index (χ3v) is 6.12. The van der Waals surface area contributed by atoms with E-state index in [9.17, 15) is 14.7 Å². The summed E-state index contributed by atoms with van der Waals surface area (Å²) in [4.78, 5) is 36.8. The van der Waals surface area contributed by atoms with Crippen molar-refractivity contribution in [2.75, 3.05) is 19.7 Å². The lowest BCUT2D eigenvalue weighted by atomic mass is 9.73. The Morgan fingerprint density at radius 3 is 2.67 bits per heavy atom. The monoisotopic (exact) mass is 402 g/mol. The van der Waals surface area contributed by atoms with Gasteiger partial charge < -0.3 is 14.9 Å². The van der Waals surface area contributed by atoms with E-state index in [0.29, 0.717) is 12.5 Å². The van der Waals surface area contributed by atoms with Crippen LogP contribution in [0.2, 0.25) is 0 Å². The van der Waals surface area contributed by atoms with E-state index in [4.69, 9.17) is 0 Å². The SMILES string of the molecule is O=C(c1cnccn1)N1CC(=O)N2[C@@H](CO)[C@H](c3ccc(C#CC4CC4)cc3)[C@@H]2C1. The minimum Gasteiger partial charge on any atom is -0.394 e. The molecule has 1 aromatic carbocycles. The Hall–Kier alpha value is -3.24. The highest BCUT2D eigenvalue weighted by molar-refractivity contribution is 5.95. The van der Waals surface area contributed by atoms with Gasteiger partial charge in [0.1, 0.15) is 12.2 Å². The molecule has 0 radical (unpaired) electrons. The molecular formula is C23H22N4O3. The molecule has 7 heteroatoms. The second-order valence-electron chi connectivity index (χ2n) is 8.09. The predicted molar refractivity (Wildman–Crippen MR) is 108 cm³/mol. The molecule has 2 saturated heterocycles. The zero-order valence-electron chi connectivity index (χ0n) is 16.4. The number of fused-ring (bicyclic) bond motifs is 1. The number of rotatable bonds is 3. The van der Waals surface area contributed by atoms with Crippen molar-refractivity contribution in [2.24, 2.45) is 5.92 Å². The number of aromatic nitrogens is 2. The molecular weight excluding hydrogens is 380 g/mol. The lowest BCUT2D eigenvalue weighted by Crippen LogP contribution is -2.73. The lowest BCUT2D eigenvalue weighted by molar-refractivity contribution is -0.159. The Kier molecular flexibility index (Phi) is 4.72. The van der Waals surface area contributed by atoms with Crippen molar-refractivity contribution in [1.29, 1.82) is 0 Å². The van der Waals surface area contributed by atoms with Crippen LogP contribution in [0.3, 0.4) is 0 Å². The Morgan fingerprint density at radius 1 is 1.20 bits per heavy atom. The highest BCUT2D eigenvalue weighted by Gasteiger charge is 2.54. The van der Waals surface area contributed by atoms with Gasteiger partial charge in [-0.1, -0.05) is 24.0 Å². The van der Waals surface area contributed by atoms with Crippen LogP contribution in [-0.2, 0) is 4.79 Å². The van der Waals surface area contributed by atoms with E-state index in [-0.39, 0.29) is 48.7 Å². The van der Waals surface area contributed by atoms with E-state index in [1.165, 1.54) is 36.3 Å². The molecule has 5 rings (SSSR count). The average Bonchev–Trinajstić information content (AvgIpc) is 3.59. The van der Waals surface area contributed by atoms with Crippen LogP contribution in [0.1, 0.15) is 40.4 Å². The molecule has 3 heterocycles. The van der Waals surface area contributed by atoms with Crippen LogP contribution in [0.15, 0.2) is 42.9 Å². The number of carbonyl (C=O) groups is 2. The molecule has 0 spiro atoms. The maximum atomic E-state index is 12.8. The van der Waals surface area contributed by atoms with Gasteiger partial charge in [0.05, 0.1) is 24.9 Å². The van der Waals surface area contributed by atoms with Crippen LogP contribution in [0.25, 0.3) is 0 Å². The quantitative estimate of drug-likeness (QED) is 0.776. The first kappa shape index (κ1) is 18.8. The Morgan fingerprint density at radius 2 is 2.00 bits per heavy atom. The smallest absolute Gasteiger partial charge is 0.274 e. The first-order valence-corrected chi connectivity index (χ1v) is 10.2. The van der Waals surface area contributed by atoms with Gasteiger partial charge in [0.2, 0.25) is 5.91 Å². The fourth-order valence-corrected chi connectivity index (χ4v) is 4.43. The number of aliphatic hydroxyl groups excluding tert-OH is 1. The summed E-state index contributed by atoms with van der Waals surface area (Å²) in [6, 6.07) is 7.61. The van der Waals surface area contributed by atoms with Gasteiger partial charge in [0.25, 0.3) is 5.91 Å². The molecule has 3 fully saturated rings. The number of aliphatic hydroxyl groups is 1. The predicted octanol–water partition coefficient (Wildman–Crippen LogP) is 1.05. The molecule has 2 aliphatic heterocycles. The Balaban J connectivity index is 1.36. The van der Waals surface area contributed by atoms with Gasteiger partial charge in [-0.2, -0.15) is 0 Å². The average molecular weight is 402 g/mol. The maximum Gasteiger partial charge on any atom is 0.274 e. The minimum absolute atomic E-state index is 0.00911. The molecule has 7 nitrogen and oxygen atoms in total. The summed E-state index contributed by atoms with van der Waals surface area (Å²) in [7, 11) is 0. The normalized spacial score (nSPS) is 25.1. The van der Waals surface area contributed by atoms with Crippen molar-refractivity contribution in [1.82, 2.24) is 19.8 Å². The molecule has 1 saturated carbocycles. The third-order valence-electron chi connectivity index (χ3n) is 6.12. The molecule has 152 valence electrons. The fourth-order valence-electron chi connectivity index (χ4n) is 4.43. The van der Waals surface area contributed by atoms with Crippen LogP contribution in [0.4, 0.5) is 0 Å². The maximum absolute atomic E-state index is 12.8. The molecule has 2 amide bonds. The van der Waals surface area contributed by atoms with E-state index in [1.807, 2.05) is 24.3 Å². The number of amides is 2. The molecule has 1 aliphatic carbocycles. The standard InChI is InChI=1S/C23H22N4O3/c28-14-20-22(17-7-5-16(6-8-17)4-3-15-1-2-15)19-12-26(13-21(29)27(19)20)23(30)18-11-24-9-10-25-18/h5-11,15,19-20,22,28H,1-2,12-14H2/t19-,20-,22+/m0/s1. The lowest BCUT2D eigenvalue weighted by Gasteiger charge is -2.58. The van der Waals surface area contributed by atoms with E-state index >= 15 is 0 Å². The largest absolute Gasteiger partial charge is 0.394 e. The molecule has 3 atom stereocenters. The number of nitrogens with zero attached hydrogens (tertiary/aromatic N) is 4.